The van der Waals surface area contributed by atoms with E-state index in [0.29, 0.717) is 31.7 Å². The monoisotopic (exact) mass is 482 g/mol. The molecule has 9 heteroatoms. The van der Waals surface area contributed by atoms with Crippen LogP contribution in [0.25, 0.3) is 0 Å². The van der Waals surface area contributed by atoms with E-state index < -0.39 is 15.1 Å². The van der Waals surface area contributed by atoms with Crippen LogP contribution in [-0.2, 0) is 30.4 Å². The van der Waals surface area contributed by atoms with Crippen molar-refractivity contribution in [3.8, 4) is 6.07 Å². The van der Waals surface area contributed by atoms with Gasteiger partial charge in [0.2, 0.25) is 5.91 Å². The van der Waals surface area contributed by atoms with Crippen LogP contribution < -0.4 is 10.8 Å². The minimum atomic E-state index is -3.58. The van der Waals surface area contributed by atoms with Gasteiger partial charge in [0.25, 0.3) is 0 Å². The molecule has 3 rings (SSSR count). The second kappa shape index (κ2) is 10.7. The first-order valence-electron chi connectivity index (χ1n) is 11.4. The molecule has 2 aromatic rings. The van der Waals surface area contributed by atoms with Gasteiger partial charge in [-0.3, -0.25) is 4.79 Å². The van der Waals surface area contributed by atoms with Gasteiger partial charge in [-0.25, -0.2) is 8.42 Å². The number of hydrogen-bond acceptors (Lipinski definition) is 6. The molecule has 0 saturated carbocycles. The van der Waals surface area contributed by atoms with Gasteiger partial charge in [-0.15, -0.1) is 0 Å². The van der Waals surface area contributed by atoms with Crippen LogP contribution in [0.3, 0.4) is 0 Å². The lowest BCUT2D eigenvalue weighted by Crippen LogP contribution is -2.47. The third-order valence-electron chi connectivity index (χ3n) is 5.68. The molecular weight excluding hydrogens is 451 g/mol. The van der Waals surface area contributed by atoms with Crippen molar-refractivity contribution >= 4 is 34.0 Å². The highest BCUT2D eigenvalue weighted by Crippen LogP contribution is 2.24. The number of benzene rings is 2. The quantitative estimate of drug-likeness (QED) is 0.578. The summed E-state index contributed by atoms with van der Waals surface area (Å²) in [5, 5.41) is 11.5. The molecule has 0 atom stereocenters. The van der Waals surface area contributed by atoms with Crippen molar-refractivity contribution in [3.05, 3.63) is 53.6 Å². The first-order valence-corrected chi connectivity index (χ1v) is 13.0. The number of carbonyl (C=O) groups is 1. The second-order valence-electron chi connectivity index (χ2n) is 9.68. The van der Waals surface area contributed by atoms with Crippen LogP contribution in [-0.4, -0.2) is 39.9 Å². The lowest BCUT2D eigenvalue weighted by atomic mass is 9.75. The van der Waals surface area contributed by atoms with Crippen LogP contribution in [0.15, 0.2) is 47.4 Å². The molecule has 2 aromatic carbocycles. The van der Waals surface area contributed by atoms with Crippen LogP contribution in [0.4, 0.5) is 5.69 Å². The van der Waals surface area contributed by atoms with Crippen LogP contribution >= 0.6 is 0 Å². The summed E-state index contributed by atoms with van der Waals surface area (Å²) in [6.07, 6.45) is 1.70. The molecule has 0 aromatic heterocycles. The van der Waals surface area contributed by atoms with Crippen molar-refractivity contribution in [1.29, 1.82) is 5.26 Å². The predicted octanol–water partition coefficient (Wildman–Crippen LogP) is 3.47. The molecule has 0 spiro atoms. The van der Waals surface area contributed by atoms with Crippen LogP contribution in [0, 0.1) is 16.7 Å². The number of sulfone groups is 1. The van der Waals surface area contributed by atoms with Crippen molar-refractivity contribution in [2.75, 3.05) is 18.5 Å². The molecule has 1 aliphatic rings. The van der Waals surface area contributed by atoms with E-state index in [9.17, 15) is 18.5 Å². The van der Waals surface area contributed by atoms with Gasteiger partial charge in [-0.2, -0.15) is 5.26 Å². The lowest BCUT2D eigenvalue weighted by molar-refractivity contribution is -0.116. The van der Waals surface area contributed by atoms with Crippen molar-refractivity contribution in [1.82, 2.24) is 0 Å². The number of carbonyl (C=O) groups excluding carboxylic acids is 1. The van der Waals surface area contributed by atoms with Crippen molar-refractivity contribution in [3.63, 3.8) is 0 Å². The standard InChI is InChI=1S/C25H31BN2O5S/c1-18(2)34(30,31)23-13-12-22(14-20(23)15-27)28-24(29)7-5-6-19-8-10-21(11-9-19)26-32-16-25(3,4)17-33-26/h8-14,18H,5-7,16-17H2,1-4H3,(H,28,29). The summed E-state index contributed by atoms with van der Waals surface area (Å²) in [6.45, 7) is 8.66. The third kappa shape index (κ3) is 6.47. The summed E-state index contributed by atoms with van der Waals surface area (Å²) < 4.78 is 36.4. The summed E-state index contributed by atoms with van der Waals surface area (Å²) in [6, 6.07) is 14.3. The molecule has 1 N–H and O–H groups in total. The molecule has 1 saturated heterocycles. The molecule has 0 unspecified atom stereocenters. The van der Waals surface area contributed by atoms with Gasteiger partial charge >= 0.3 is 7.12 Å². The normalized spacial score (nSPS) is 15.7. The van der Waals surface area contributed by atoms with E-state index in [2.05, 4.69) is 19.2 Å². The highest BCUT2D eigenvalue weighted by Gasteiger charge is 2.33. The number of nitriles is 1. The van der Waals surface area contributed by atoms with E-state index in [1.807, 2.05) is 30.3 Å². The van der Waals surface area contributed by atoms with Crippen molar-refractivity contribution in [2.45, 2.75) is 57.1 Å². The number of nitrogens with one attached hydrogen (secondary N) is 1. The zero-order valence-corrected chi connectivity index (χ0v) is 20.9. The molecule has 34 heavy (non-hydrogen) atoms. The Bertz CT molecular complexity index is 1160. The van der Waals surface area contributed by atoms with Gasteiger partial charge in [0, 0.05) is 30.7 Å². The Balaban J connectivity index is 1.51. The van der Waals surface area contributed by atoms with Gasteiger partial charge in [0.1, 0.15) is 6.07 Å². The molecular formula is C25H31BN2O5S. The van der Waals surface area contributed by atoms with Crippen molar-refractivity contribution < 1.29 is 22.5 Å². The maximum Gasteiger partial charge on any atom is 0.493 e. The fraction of sp³-hybridized carbons (Fsp3) is 0.440. The molecule has 0 aliphatic carbocycles. The van der Waals surface area contributed by atoms with E-state index in [0.717, 1.165) is 17.4 Å². The first-order chi connectivity index (χ1) is 16.0. The maximum atomic E-state index is 12.4. The first kappa shape index (κ1) is 25.9. The average molecular weight is 482 g/mol. The van der Waals surface area contributed by atoms with Gasteiger partial charge in [0.05, 0.1) is 15.7 Å². The van der Waals surface area contributed by atoms with Gasteiger partial charge < -0.3 is 14.6 Å². The lowest BCUT2D eigenvalue weighted by Gasteiger charge is -2.33. The Morgan fingerprint density at radius 2 is 1.79 bits per heavy atom. The molecule has 0 radical (unpaired) electrons. The number of rotatable bonds is 8. The highest BCUT2D eigenvalue weighted by atomic mass is 32.2. The Kier molecular flexibility index (Phi) is 8.19. The van der Waals surface area contributed by atoms with Crippen LogP contribution in [0.5, 0.6) is 0 Å². The van der Waals surface area contributed by atoms with Crippen molar-refractivity contribution in [2.24, 2.45) is 5.41 Å². The zero-order valence-electron chi connectivity index (χ0n) is 20.1. The summed E-state index contributed by atoms with van der Waals surface area (Å²) >= 11 is 0. The SMILES string of the molecule is CC(C)S(=O)(=O)c1ccc(NC(=O)CCCc2ccc(B3OCC(C)(C)CO3)cc2)cc1C#N. The number of aryl methyl sites for hydroxylation is 1. The van der Waals surface area contributed by atoms with Gasteiger partial charge in [-0.05, 0) is 55.9 Å². The summed E-state index contributed by atoms with van der Waals surface area (Å²) in [5.74, 6) is -0.188. The Hall–Kier alpha value is -2.67. The second-order valence-corrected chi connectivity index (χ2v) is 12.2. The summed E-state index contributed by atoms with van der Waals surface area (Å²) in [4.78, 5) is 12.3. The smallest absolute Gasteiger partial charge is 0.407 e. The highest BCUT2D eigenvalue weighted by molar-refractivity contribution is 7.92. The molecule has 1 aliphatic heterocycles. The Morgan fingerprint density at radius 1 is 1.15 bits per heavy atom. The fourth-order valence-electron chi connectivity index (χ4n) is 3.60. The molecule has 180 valence electrons. The average Bonchev–Trinajstić information content (AvgIpc) is 2.79. The van der Waals surface area contributed by atoms with Crippen LogP contribution in [0.2, 0.25) is 0 Å². The van der Waals surface area contributed by atoms with Gasteiger partial charge in [-0.1, -0.05) is 38.1 Å². The topological polar surface area (TPSA) is 105 Å². The van der Waals surface area contributed by atoms with E-state index in [-0.39, 0.29) is 28.9 Å². The van der Waals surface area contributed by atoms with Crippen LogP contribution in [0.1, 0.15) is 51.7 Å². The van der Waals surface area contributed by atoms with E-state index in [1.54, 1.807) is 13.8 Å². The van der Waals surface area contributed by atoms with E-state index >= 15 is 0 Å². The van der Waals surface area contributed by atoms with Gasteiger partial charge in [0.15, 0.2) is 9.84 Å². The largest absolute Gasteiger partial charge is 0.493 e. The number of nitrogens with zero attached hydrogens (tertiary/aromatic N) is 1. The third-order valence-corrected chi connectivity index (χ3v) is 7.89. The minimum absolute atomic E-state index is 0.0146. The fourth-order valence-corrected chi connectivity index (χ4v) is 4.78. The van der Waals surface area contributed by atoms with E-state index in [4.69, 9.17) is 9.31 Å². The summed E-state index contributed by atoms with van der Waals surface area (Å²) in [5.41, 5.74) is 2.56. The number of anilines is 1. The molecule has 1 heterocycles. The molecule has 7 nitrogen and oxygen atoms in total. The zero-order chi connectivity index (χ0) is 24.9. The maximum absolute atomic E-state index is 12.4. The summed E-state index contributed by atoms with van der Waals surface area (Å²) in [7, 11) is -3.92. The number of hydrogen-bond donors (Lipinski definition) is 1. The predicted molar refractivity (Wildman–Crippen MR) is 133 cm³/mol. The number of amides is 1. The minimum Gasteiger partial charge on any atom is -0.407 e. The van der Waals surface area contributed by atoms with E-state index in [1.165, 1.54) is 18.2 Å². The molecule has 1 fully saturated rings. The Morgan fingerprint density at radius 3 is 2.38 bits per heavy atom. The molecule has 0 bridgehead atoms. The molecule has 1 amide bonds. The Labute approximate surface area is 202 Å².